The summed E-state index contributed by atoms with van der Waals surface area (Å²) in [6.07, 6.45) is 3.29. The average Bonchev–Trinajstić information content (AvgIpc) is 3.17. The number of hydrogen-bond donors (Lipinski definition) is 1. The maximum Gasteiger partial charge on any atom is 0.242 e. The van der Waals surface area contributed by atoms with E-state index in [2.05, 4.69) is 11.4 Å². The van der Waals surface area contributed by atoms with E-state index < -0.39 is 0 Å². The number of nitrogens with zero attached hydrogens (tertiary/aromatic N) is 2. The van der Waals surface area contributed by atoms with E-state index in [0.29, 0.717) is 6.54 Å². The molecule has 0 bridgehead atoms. The Hall–Kier alpha value is -2.73. The average molecular weight is 394 g/mol. The molecule has 0 radical (unpaired) electrons. The summed E-state index contributed by atoms with van der Waals surface area (Å²) in [5.41, 5.74) is 1.93. The predicted octanol–water partition coefficient (Wildman–Crippen LogP) is 3.71. The molecule has 2 aromatic carbocycles. The van der Waals surface area contributed by atoms with Gasteiger partial charge < -0.3 is 10.2 Å². The molecule has 0 spiro atoms. The van der Waals surface area contributed by atoms with Crippen LogP contribution >= 0.6 is 11.3 Å². The highest BCUT2D eigenvalue weighted by Gasteiger charge is 2.30. The molecular weight excluding hydrogens is 370 g/mol. The highest BCUT2D eigenvalue weighted by atomic mass is 32.1. The number of nitrogens with one attached hydrogen (secondary N) is 1. The van der Waals surface area contributed by atoms with E-state index in [1.54, 1.807) is 11.3 Å². The van der Waals surface area contributed by atoms with Crippen molar-refractivity contribution in [2.45, 2.75) is 31.7 Å². The second-order valence-electron chi connectivity index (χ2n) is 7.06. The number of likely N-dealkylation sites (tertiary alicyclic amines) is 1. The van der Waals surface area contributed by atoms with Crippen molar-refractivity contribution in [1.29, 1.82) is 0 Å². The number of piperidine rings is 1. The van der Waals surface area contributed by atoms with Gasteiger partial charge in [-0.3, -0.25) is 9.59 Å². The van der Waals surface area contributed by atoms with Crippen LogP contribution in [0, 0.1) is 0 Å². The standard InChI is InChI=1S/C22H23N3O2S/c26-20(14-16-8-2-1-3-9-16)23-15-21(27)25-13-7-6-11-18(25)22-24-17-10-4-5-12-19(17)28-22/h1-5,8-10,12,18H,6-7,11,13-15H2,(H,23,26). The van der Waals surface area contributed by atoms with Crippen LogP contribution in [-0.4, -0.2) is 34.8 Å². The number of fused-ring (bicyclic) bond motifs is 1. The quantitative estimate of drug-likeness (QED) is 0.719. The highest BCUT2D eigenvalue weighted by molar-refractivity contribution is 7.18. The van der Waals surface area contributed by atoms with E-state index >= 15 is 0 Å². The Morgan fingerprint density at radius 2 is 1.86 bits per heavy atom. The molecule has 5 nitrogen and oxygen atoms in total. The van der Waals surface area contributed by atoms with Crippen LogP contribution in [0.4, 0.5) is 0 Å². The van der Waals surface area contributed by atoms with Gasteiger partial charge in [-0.1, -0.05) is 42.5 Å². The van der Waals surface area contributed by atoms with E-state index in [9.17, 15) is 9.59 Å². The van der Waals surface area contributed by atoms with Crippen molar-refractivity contribution in [1.82, 2.24) is 15.2 Å². The SMILES string of the molecule is O=C(Cc1ccccc1)NCC(=O)N1CCCCC1c1nc2ccccc2s1. The molecule has 0 saturated carbocycles. The second-order valence-corrected chi connectivity index (χ2v) is 8.12. The van der Waals surface area contributed by atoms with Gasteiger partial charge in [-0.15, -0.1) is 11.3 Å². The van der Waals surface area contributed by atoms with Crippen LogP contribution in [0.3, 0.4) is 0 Å². The van der Waals surface area contributed by atoms with Crippen LogP contribution in [0.1, 0.15) is 35.9 Å². The Morgan fingerprint density at radius 1 is 1.07 bits per heavy atom. The predicted molar refractivity (Wildman–Crippen MR) is 111 cm³/mol. The van der Waals surface area contributed by atoms with Gasteiger partial charge in [0.15, 0.2) is 0 Å². The molecule has 1 aromatic heterocycles. The monoisotopic (exact) mass is 393 g/mol. The van der Waals surface area contributed by atoms with Crippen LogP contribution in [0.5, 0.6) is 0 Å². The van der Waals surface area contributed by atoms with Crippen molar-refractivity contribution >= 4 is 33.4 Å². The minimum absolute atomic E-state index is 0.00433. The molecule has 1 aliphatic rings. The van der Waals surface area contributed by atoms with Crippen LogP contribution < -0.4 is 5.32 Å². The molecule has 2 heterocycles. The van der Waals surface area contributed by atoms with Gasteiger partial charge in [0, 0.05) is 6.54 Å². The number of carbonyl (C=O) groups excluding carboxylic acids is 2. The third kappa shape index (κ3) is 4.22. The van der Waals surface area contributed by atoms with Gasteiger partial charge in [0.1, 0.15) is 5.01 Å². The molecule has 1 saturated heterocycles. The largest absolute Gasteiger partial charge is 0.347 e. The first-order valence-corrected chi connectivity index (χ1v) is 10.5. The van der Waals surface area contributed by atoms with Crippen LogP contribution in [0.25, 0.3) is 10.2 Å². The molecule has 1 aliphatic heterocycles. The maximum absolute atomic E-state index is 12.8. The summed E-state index contributed by atoms with van der Waals surface area (Å²) in [6, 6.07) is 17.6. The first kappa shape index (κ1) is 18.6. The van der Waals surface area contributed by atoms with Crippen molar-refractivity contribution < 1.29 is 9.59 Å². The molecule has 1 atom stereocenters. The molecule has 1 N–H and O–H groups in total. The first-order chi connectivity index (χ1) is 13.7. The lowest BCUT2D eigenvalue weighted by atomic mass is 10.0. The lowest BCUT2D eigenvalue weighted by Gasteiger charge is -2.34. The number of rotatable bonds is 5. The molecule has 144 valence electrons. The van der Waals surface area contributed by atoms with Gasteiger partial charge in [0.25, 0.3) is 0 Å². The molecule has 2 amide bonds. The van der Waals surface area contributed by atoms with E-state index in [1.165, 1.54) is 0 Å². The molecular formula is C22H23N3O2S. The lowest BCUT2D eigenvalue weighted by molar-refractivity contribution is -0.136. The number of thiazole rings is 1. The Labute approximate surface area is 168 Å². The minimum Gasteiger partial charge on any atom is -0.347 e. The molecule has 28 heavy (non-hydrogen) atoms. The highest BCUT2D eigenvalue weighted by Crippen LogP contribution is 2.35. The van der Waals surface area contributed by atoms with Gasteiger partial charge >= 0.3 is 0 Å². The number of para-hydroxylation sites is 1. The van der Waals surface area contributed by atoms with Gasteiger partial charge in [0.05, 0.1) is 29.2 Å². The first-order valence-electron chi connectivity index (χ1n) is 9.66. The smallest absolute Gasteiger partial charge is 0.242 e. The van der Waals surface area contributed by atoms with Gasteiger partial charge in [-0.25, -0.2) is 4.98 Å². The van der Waals surface area contributed by atoms with Crippen LogP contribution in [0.15, 0.2) is 54.6 Å². The van der Waals surface area contributed by atoms with Crippen molar-refractivity contribution in [2.24, 2.45) is 0 Å². The summed E-state index contributed by atoms with van der Waals surface area (Å²) in [7, 11) is 0. The Kier molecular flexibility index (Phi) is 5.67. The number of benzene rings is 2. The summed E-state index contributed by atoms with van der Waals surface area (Å²) in [5.74, 6) is -0.168. The zero-order valence-corrected chi connectivity index (χ0v) is 16.5. The van der Waals surface area contributed by atoms with E-state index in [0.717, 1.165) is 40.1 Å². The van der Waals surface area contributed by atoms with Gasteiger partial charge in [-0.05, 0) is 37.0 Å². The summed E-state index contributed by atoms with van der Waals surface area (Å²) < 4.78 is 1.15. The second kappa shape index (κ2) is 8.52. The molecule has 4 rings (SSSR count). The molecule has 1 fully saturated rings. The summed E-state index contributed by atoms with van der Waals surface area (Å²) in [4.78, 5) is 31.7. The fourth-order valence-corrected chi connectivity index (χ4v) is 4.75. The summed E-state index contributed by atoms with van der Waals surface area (Å²) >= 11 is 1.66. The van der Waals surface area contributed by atoms with Crippen LogP contribution in [-0.2, 0) is 16.0 Å². The van der Waals surface area contributed by atoms with E-state index in [4.69, 9.17) is 4.98 Å². The number of aromatic nitrogens is 1. The van der Waals surface area contributed by atoms with Crippen molar-refractivity contribution in [2.75, 3.05) is 13.1 Å². The van der Waals surface area contributed by atoms with Crippen molar-refractivity contribution in [3.05, 3.63) is 65.2 Å². The zero-order chi connectivity index (χ0) is 19.3. The summed E-state index contributed by atoms with van der Waals surface area (Å²) in [6.45, 7) is 0.751. The van der Waals surface area contributed by atoms with Gasteiger partial charge in [-0.2, -0.15) is 0 Å². The Bertz CT molecular complexity index is 937. The number of amides is 2. The van der Waals surface area contributed by atoms with Crippen molar-refractivity contribution in [3.63, 3.8) is 0 Å². The molecule has 1 unspecified atom stereocenters. The van der Waals surface area contributed by atoms with E-state index in [-0.39, 0.29) is 30.8 Å². The topological polar surface area (TPSA) is 62.3 Å². The Morgan fingerprint density at radius 3 is 2.68 bits per heavy atom. The molecule has 6 heteroatoms. The lowest BCUT2D eigenvalue weighted by Crippen LogP contribution is -2.44. The molecule has 0 aliphatic carbocycles. The zero-order valence-electron chi connectivity index (χ0n) is 15.6. The van der Waals surface area contributed by atoms with E-state index in [1.807, 2.05) is 53.4 Å². The minimum atomic E-state index is -0.131. The number of carbonyl (C=O) groups is 2. The normalized spacial score (nSPS) is 16.9. The summed E-state index contributed by atoms with van der Waals surface area (Å²) in [5, 5.41) is 3.77. The third-order valence-corrected chi connectivity index (χ3v) is 6.20. The third-order valence-electron chi connectivity index (χ3n) is 5.06. The number of hydrogen-bond acceptors (Lipinski definition) is 4. The fraction of sp³-hybridized carbons (Fsp3) is 0.318. The maximum atomic E-state index is 12.8. The van der Waals surface area contributed by atoms with Crippen molar-refractivity contribution in [3.8, 4) is 0 Å². The van der Waals surface area contributed by atoms with Gasteiger partial charge in [0.2, 0.25) is 11.8 Å². The van der Waals surface area contributed by atoms with Crippen LogP contribution in [0.2, 0.25) is 0 Å². The Balaban J connectivity index is 1.40. The fourth-order valence-electron chi connectivity index (χ4n) is 3.64. The molecule has 3 aromatic rings.